The highest BCUT2D eigenvalue weighted by Crippen LogP contribution is 2.29. The summed E-state index contributed by atoms with van der Waals surface area (Å²) in [6.45, 7) is 6.08. The van der Waals surface area contributed by atoms with E-state index in [0.717, 1.165) is 37.5 Å². The van der Waals surface area contributed by atoms with Gasteiger partial charge in [0.25, 0.3) is 0 Å². The van der Waals surface area contributed by atoms with Gasteiger partial charge >= 0.3 is 0 Å². The van der Waals surface area contributed by atoms with Crippen molar-refractivity contribution in [1.29, 1.82) is 0 Å². The van der Waals surface area contributed by atoms with E-state index in [2.05, 4.69) is 69.3 Å². The summed E-state index contributed by atoms with van der Waals surface area (Å²) in [7, 11) is 0. The average Bonchev–Trinajstić information content (AvgIpc) is 3.20. The summed E-state index contributed by atoms with van der Waals surface area (Å²) < 4.78 is 3.17. The largest absolute Gasteiger partial charge is 0.325 e. The van der Waals surface area contributed by atoms with Gasteiger partial charge in [0.15, 0.2) is 11.0 Å². The van der Waals surface area contributed by atoms with Gasteiger partial charge in [-0.1, -0.05) is 59.8 Å². The van der Waals surface area contributed by atoms with Crippen molar-refractivity contribution in [2.75, 3.05) is 11.1 Å². The van der Waals surface area contributed by atoms with Gasteiger partial charge in [-0.15, -0.1) is 10.2 Å². The van der Waals surface area contributed by atoms with Crippen molar-refractivity contribution in [1.82, 2.24) is 14.8 Å². The van der Waals surface area contributed by atoms with Gasteiger partial charge in [-0.25, -0.2) is 0 Å². The Hall–Kier alpha value is -2.65. The number of amides is 1. The SMILES string of the molecule is Cc1ccc(-n2c(SCC(=O)Nc3c(C)cc(I)cc3C)nnc2-c2ccccc2)cc1. The van der Waals surface area contributed by atoms with Gasteiger partial charge in [-0.2, -0.15) is 0 Å². The van der Waals surface area contributed by atoms with Crippen LogP contribution in [0.1, 0.15) is 16.7 Å². The van der Waals surface area contributed by atoms with E-state index in [0.29, 0.717) is 5.16 Å². The van der Waals surface area contributed by atoms with E-state index >= 15 is 0 Å². The van der Waals surface area contributed by atoms with Crippen LogP contribution in [0.5, 0.6) is 0 Å². The molecule has 0 unspecified atom stereocenters. The monoisotopic (exact) mass is 554 g/mol. The Bertz CT molecular complexity index is 1230. The number of aromatic nitrogens is 3. The molecule has 0 saturated carbocycles. The second-order valence-corrected chi connectivity index (χ2v) is 9.78. The van der Waals surface area contributed by atoms with Gasteiger partial charge in [0.1, 0.15) is 0 Å². The lowest BCUT2D eigenvalue weighted by Crippen LogP contribution is -2.16. The first-order valence-electron chi connectivity index (χ1n) is 10.2. The number of rotatable bonds is 6. The van der Waals surface area contributed by atoms with Crippen LogP contribution in [0.2, 0.25) is 0 Å². The number of carbonyl (C=O) groups excluding carboxylic acids is 1. The highest BCUT2D eigenvalue weighted by Gasteiger charge is 2.18. The zero-order valence-corrected chi connectivity index (χ0v) is 21.1. The fourth-order valence-electron chi connectivity index (χ4n) is 3.48. The maximum absolute atomic E-state index is 12.8. The minimum Gasteiger partial charge on any atom is -0.325 e. The fraction of sp³-hybridized carbons (Fsp3) is 0.160. The van der Waals surface area contributed by atoms with Crippen LogP contribution in [0, 0.1) is 24.3 Å². The number of benzene rings is 3. The van der Waals surface area contributed by atoms with E-state index in [1.54, 1.807) is 0 Å². The van der Waals surface area contributed by atoms with Gasteiger partial charge in [-0.3, -0.25) is 9.36 Å². The molecular weight excluding hydrogens is 531 g/mol. The second kappa shape index (κ2) is 9.87. The third-order valence-corrected chi connectivity index (χ3v) is 6.60. The van der Waals surface area contributed by atoms with E-state index < -0.39 is 0 Å². The van der Waals surface area contributed by atoms with E-state index in [9.17, 15) is 4.79 Å². The number of aryl methyl sites for hydroxylation is 3. The number of anilines is 1. The number of halogens is 1. The zero-order chi connectivity index (χ0) is 22.7. The predicted molar refractivity (Wildman–Crippen MR) is 140 cm³/mol. The first-order valence-corrected chi connectivity index (χ1v) is 12.3. The van der Waals surface area contributed by atoms with Gasteiger partial charge in [0.2, 0.25) is 5.91 Å². The molecule has 1 N–H and O–H groups in total. The van der Waals surface area contributed by atoms with Crippen molar-refractivity contribution in [2.24, 2.45) is 0 Å². The minimum absolute atomic E-state index is 0.0675. The number of thioether (sulfide) groups is 1. The van der Waals surface area contributed by atoms with E-state index in [1.807, 2.05) is 60.9 Å². The molecule has 1 heterocycles. The summed E-state index contributed by atoms with van der Waals surface area (Å²) in [5.41, 5.74) is 6.11. The highest BCUT2D eigenvalue weighted by molar-refractivity contribution is 14.1. The van der Waals surface area contributed by atoms with Crippen LogP contribution < -0.4 is 5.32 Å². The van der Waals surface area contributed by atoms with Gasteiger partial charge < -0.3 is 5.32 Å². The number of carbonyl (C=O) groups is 1. The topological polar surface area (TPSA) is 59.8 Å². The molecule has 7 heteroatoms. The molecule has 5 nitrogen and oxygen atoms in total. The van der Waals surface area contributed by atoms with Crippen LogP contribution in [0.25, 0.3) is 17.1 Å². The first-order chi connectivity index (χ1) is 15.4. The molecule has 0 saturated heterocycles. The molecule has 0 bridgehead atoms. The van der Waals surface area contributed by atoms with E-state index in [-0.39, 0.29) is 11.7 Å². The summed E-state index contributed by atoms with van der Waals surface area (Å²) in [6, 6.07) is 22.3. The molecular formula is C25H23IN4OS. The summed E-state index contributed by atoms with van der Waals surface area (Å²) in [6.07, 6.45) is 0. The normalized spacial score (nSPS) is 10.9. The van der Waals surface area contributed by atoms with Crippen LogP contribution in [0.3, 0.4) is 0 Å². The first kappa shape index (κ1) is 22.5. The standard InChI is InChI=1S/C25H23IN4OS/c1-16-9-11-21(12-10-16)30-24(19-7-5-4-6-8-19)28-29-25(30)32-15-22(31)27-23-17(2)13-20(26)14-18(23)3/h4-14H,15H2,1-3H3,(H,27,31). The fourth-order valence-corrected chi connectivity index (χ4v) is 5.16. The molecule has 3 aromatic carbocycles. The molecule has 1 aromatic heterocycles. The molecule has 0 atom stereocenters. The Kier molecular flexibility index (Phi) is 6.95. The van der Waals surface area contributed by atoms with Crippen LogP contribution in [0.15, 0.2) is 71.9 Å². The van der Waals surface area contributed by atoms with Gasteiger partial charge in [0.05, 0.1) is 5.75 Å². The van der Waals surface area contributed by atoms with Crippen molar-refractivity contribution >= 4 is 45.9 Å². The maximum atomic E-state index is 12.8. The lowest BCUT2D eigenvalue weighted by Gasteiger charge is -2.13. The third kappa shape index (κ3) is 5.05. The molecule has 1 amide bonds. The van der Waals surface area contributed by atoms with Crippen LogP contribution in [-0.2, 0) is 4.79 Å². The molecule has 0 aliphatic heterocycles. The van der Waals surface area contributed by atoms with Crippen molar-refractivity contribution in [3.63, 3.8) is 0 Å². The Morgan fingerprint density at radius 3 is 2.28 bits per heavy atom. The van der Waals surface area contributed by atoms with Crippen LogP contribution >= 0.6 is 34.4 Å². The van der Waals surface area contributed by atoms with Crippen molar-refractivity contribution in [3.8, 4) is 17.1 Å². The minimum atomic E-state index is -0.0675. The Morgan fingerprint density at radius 2 is 1.62 bits per heavy atom. The average molecular weight is 554 g/mol. The van der Waals surface area contributed by atoms with Crippen molar-refractivity contribution < 1.29 is 4.79 Å². The number of hydrogen-bond acceptors (Lipinski definition) is 4. The Labute approximate surface area is 205 Å². The zero-order valence-electron chi connectivity index (χ0n) is 18.1. The lowest BCUT2D eigenvalue weighted by atomic mass is 10.1. The predicted octanol–water partition coefficient (Wildman–Crippen LogP) is 6.19. The van der Waals surface area contributed by atoms with Crippen LogP contribution in [-0.4, -0.2) is 26.4 Å². The molecule has 4 aromatic rings. The van der Waals surface area contributed by atoms with Crippen molar-refractivity contribution in [2.45, 2.75) is 25.9 Å². The van der Waals surface area contributed by atoms with Gasteiger partial charge in [-0.05, 0) is 78.8 Å². The summed E-state index contributed by atoms with van der Waals surface area (Å²) in [5, 5.41) is 12.6. The second-order valence-electron chi connectivity index (χ2n) is 7.59. The molecule has 0 fully saturated rings. The van der Waals surface area contributed by atoms with Gasteiger partial charge in [0, 0.05) is 20.5 Å². The number of nitrogens with one attached hydrogen (secondary N) is 1. The highest BCUT2D eigenvalue weighted by atomic mass is 127. The molecule has 0 aliphatic rings. The smallest absolute Gasteiger partial charge is 0.234 e. The molecule has 0 spiro atoms. The van der Waals surface area contributed by atoms with E-state index in [4.69, 9.17) is 0 Å². The lowest BCUT2D eigenvalue weighted by molar-refractivity contribution is -0.113. The summed E-state index contributed by atoms with van der Waals surface area (Å²) in [5.74, 6) is 0.924. The Morgan fingerprint density at radius 1 is 0.969 bits per heavy atom. The summed E-state index contributed by atoms with van der Waals surface area (Å²) >= 11 is 3.67. The molecule has 162 valence electrons. The summed E-state index contributed by atoms with van der Waals surface area (Å²) in [4.78, 5) is 12.8. The number of nitrogens with zero attached hydrogens (tertiary/aromatic N) is 3. The number of hydrogen-bond donors (Lipinski definition) is 1. The van der Waals surface area contributed by atoms with E-state index in [1.165, 1.54) is 17.3 Å². The molecule has 32 heavy (non-hydrogen) atoms. The van der Waals surface area contributed by atoms with Crippen molar-refractivity contribution in [3.05, 3.63) is 87.0 Å². The molecule has 4 rings (SSSR count). The Balaban J connectivity index is 1.59. The maximum Gasteiger partial charge on any atom is 0.234 e. The van der Waals surface area contributed by atoms with Crippen LogP contribution in [0.4, 0.5) is 5.69 Å². The third-order valence-electron chi connectivity index (χ3n) is 5.05. The molecule has 0 radical (unpaired) electrons. The molecule has 0 aliphatic carbocycles. The quantitative estimate of drug-likeness (QED) is 0.228.